The molecule has 1 aliphatic heterocycles. The third-order valence-electron chi connectivity index (χ3n) is 3.18. The molecule has 0 radical (unpaired) electrons. The SMILES string of the molecule is C=CC1=CC(=C)Oc2cc(N(CC)CC)ccc21. The van der Waals surface area contributed by atoms with Crippen LogP contribution in [0.5, 0.6) is 5.75 Å². The molecular weight excluding hydrogens is 222 g/mol. The van der Waals surface area contributed by atoms with Crippen LogP contribution >= 0.6 is 0 Å². The number of ether oxygens (including phenoxy) is 1. The van der Waals surface area contributed by atoms with Gasteiger partial charge in [0.2, 0.25) is 0 Å². The first-order chi connectivity index (χ1) is 8.69. The second-order valence-corrected chi connectivity index (χ2v) is 4.22. The largest absolute Gasteiger partial charge is 0.457 e. The highest BCUT2D eigenvalue weighted by atomic mass is 16.5. The molecule has 0 bridgehead atoms. The summed E-state index contributed by atoms with van der Waals surface area (Å²) < 4.78 is 5.70. The topological polar surface area (TPSA) is 12.5 Å². The predicted molar refractivity (Wildman–Crippen MR) is 77.9 cm³/mol. The van der Waals surface area contributed by atoms with E-state index in [4.69, 9.17) is 4.74 Å². The van der Waals surface area contributed by atoms with Crippen LogP contribution in [-0.2, 0) is 0 Å². The highest BCUT2D eigenvalue weighted by molar-refractivity contribution is 5.82. The van der Waals surface area contributed by atoms with Gasteiger partial charge in [0, 0.05) is 30.4 Å². The third kappa shape index (κ3) is 2.19. The Kier molecular flexibility index (Phi) is 3.56. The molecule has 1 aromatic rings. The molecule has 0 aliphatic carbocycles. The van der Waals surface area contributed by atoms with Gasteiger partial charge in [-0.3, -0.25) is 0 Å². The molecule has 0 aromatic heterocycles. The average molecular weight is 241 g/mol. The molecule has 2 nitrogen and oxygen atoms in total. The van der Waals surface area contributed by atoms with Gasteiger partial charge in [-0.2, -0.15) is 0 Å². The van der Waals surface area contributed by atoms with Crippen LogP contribution < -0.4 is 9.64 Å². The van der Waals surface area contributed by atoms with Crippen molar-refractivity contribution in [2.45, 2.75) is 13.8 Å². The number of allylic oxidation sites excluding steroid dienone is 3. The van der Waals surface area contributed by atoms with Crippen molar-refractivity contribution in [1.29, 1.82) is 0 Å². The smallest absolute Gasteiger partial charge is 0.137 e. The zero-order chi connectivity index (χ0) is 13.1. The van der Waals surface area contributed by atoms with E-state index in [-0.39, 0.29) is 0 Å². The van der Waals surface area contributed by atoms with Crippen LogP contribution in [-0.4, -0.2) is 13.1 Å². The molecule has 2 heteroatoms. The highest BCUT2D eigenvalue weighted by Crippen LogP contribution is 2.36. The molecule has 0 amide bonds. The van der Waals surface area contributed by atoms with Crippen molar-refractivity contribution in [2.24, 2.45) is 0 Å². The fraction of sp³-hybridized carbons (Fsp3) is 0.250. The lowest BCUT2D eigenvalue weighted by Crippen LogP contribution is -2.21. The molecule has 1 heterocycles. The minimum atomic E-state index is 0.661. The van der Waals surface area contributed by atoms with E-state index in [2.05, 4.69) is 50.1 Å². The molecule has 0 unspecified atom stereocenters. The zero-order valence-corrected chi connectivity index (χ0v) is 11.1. The number of fused-ring (bicyclic) bond motifs is 1. The Bertz CT molecular complexity index is 510. The molecule has 1 aliphatic rings. The van der Waals surface area contributed by atoms with Gasteiger partial charge in [0.15, 0.2) is 0 Å². The molecule has 0 saturated carbocycles. The minimum absolute atomic E-state index is 0.661. The Morgan fingerprint density at radius 1 is 1.28 bits per heavy atom. The molecule has 0 N–H and O–H groups in total. The summed E-state index contributed by atoms with van der Waals surface area (Å²) in [6, 6.07) is 6.29. The molecule has 18 heavy (non-hydrogen) atoms. The van der Waals surface area contributed by atoms with Crippen molar-refractivity contribution < 1.29 is 4.74 Å². The first-order valence-electron chi connectivity index (χ1n) is 6.29. The van der Waals surface area contributed by atoms with Crippen molar-refractivity contribution in [1.82, 2.24) is 0 Å². The first-order valence-corrected chi connectivity index (χ1v) is 6.29. The van der Waals surface area contributed by atoms with E-state index in [0.717, 1.165) is 30.0 Å². The fourth-order valence-electron chi connectivity index (χ4n) is 2.21. The van der Waals surface area contributed by atoms with Gasteiger partial charge in [0.05, 0.1) is 0 Å². The van der Waals surface area contributed by atoms with Gasteiger partial charge in [-0.25, -0.2) is 0 Å². The van der Waals surface area contributed by atoms with Crippen LogP contribution in [0, 0.1) is 0 Å². The van der Waals surface area contributed by atoms with Crippen molar-refractivity contribution in [3.8, 4) is 5.75 Å². The first kappa shape index (κ1) is 12.5. The fourth-order valence-corrected chi connectivity index (χ4v) is 2.21. The normalized spacial score (nSPS) is 13.4. The van der Waals surface area contributed by atoms with Gasteiger partial charge in [-0.1, -0.05) is 19.2 Å². The van der Waals surface area contributed by atoms with E-state index in [1.807, 2.05) is 12.2 Å². The van der Waals surface area contributed by atoms with E-state index < -0.39 is 0 Å². The van der Waals surface area contributed by atoms with Crippen molar-refractivity contribution in [3.63, 3.8) is 0 Å². The Hall–Kier alpha value is -1.96. The number of nitrogens with zero attached hydrogens (tertiary/aromatic N) is 1. The van der Waals surface area contributed by atoms with E-state index in [1.165, 1.54) is 5.69 Å². The van der Waals surface area contributed by atoms with Crippen LogP contribution in [0.15, 0.2) is 49.3 Å². The summed E-state index contributed by atoms with van der Waals surface area (Å²) >= 11 is 0. The van der Waals surface area contributed by atoms with Gasteiger partial charge < -0.3 is 9.64 Å². The van der Waals surface area contributed by atoms with E-state index >= 15 is 0 Å². The number of rotatable bonds is 4. The summed E-state index contributed by atoms with van der Waals surface area (Å²) in [5.74, 6) is 1.52. The minimum Gasteiger partial charge on any atom is -0.457 e. The number of benzene rings is 1. The van der Waals surface area contributed by atoms with Gasteiger partial charge in [0.1, 0.15) is 11.5 Å². The maximum Gasteiger partial charge on any atom is 0.137 e. The molecule has 94 valence electrons. The van der Waals surface area contributed by atoms with Crippen molar-refractivity contribution in [2.75, 3.05) is 18.0 Å². The second-order valence-electron chi connectivity index (χ2n) is 4.22. The second kappa shape index (κ2) is 5.13. The van der Waals surface area contributed by atoms with Crippen LogP contribution in [0.2, 0.25) is 0 Å². The molecule has 0 spiro atoms. The third-order valence-corrected chi connectivity index (χ3v) is 3.18. The van der Waals surface area contributed by atoms with Crippen LogP contribution in [0.4, 0.5) is 5.69 Å². The summed E-state index contributed by atoms with van der Waals surface area (Å²) in [6.45, 7) is 14.0. The Morgan fingerprint density at radius 2 is 2.00 bits per heavy atom. The van der Waals surface area contributed by atoms with Gasteiger partial charge in [-0.15, -0.1) is 0 Å². The van der Waals surface area contributed by atoms with Crippen LogP contribution in [0.25, 0.3) is 5.57 Å². The number of anilines is 1. The lowest BCUT2D eigenvalue weighted by Gasteiger charge is -2.24. The Balaban J connectivity index is 2.45. The van der Waals surface area contributed by atoms with Crippen molar-refractivity contribution >= 4 is 11.3 Å². The Labute approximate surface area is 109 Å². The summed E-state index contributed by atoms with van der Waals surface area (Å²) in [5, 5.41) is 0. The molecule has 0 atom stereocenters. The molecular formula is C16H19NO. The van der Waals surface area contributed by atoms with Crippen LogP contribution in [0.1, 0.15) is 19.4 Å². The molecule has 0 fully saturated rings. The Morgan fingerprint density at radius 3 is 2.61 bits per heavy atom. The predicted octanol–water partition coefficient (Wildman–Crippen LogP) is 4.01. The number of hydrogen-bond acceptors (Lipinski definition) is 2. The highest BCUT2D eigenvalue weighted by Gasteiger charge is 2.15. The van der Waals surface area contributed by atoms with E-state index in [1.54, 1.807) is 0 Å². The molecule has 1 aromatic carbocycles. The summed E-state index contributed by atoms with van der Waals surface area (Å²) in [6.07, 6.45) is 3.75. The maximum absolute atomic E-state index is 5.70. The standard InChI is InChI=1S/C16H19NO/c1-5-13-10-12(4)18-16-11-14(8-9-15(13)16)17(6-2)7-3/h5,8-11H,1,4,6-7H2,2-3H3. The monoisotopic (exact) mass is 241 g/mol. The van der Waals surface area contributed by atoms with Gasteiger partial charge >= 0.3 is 0 Å². The lowest BCUT2D eigenvalue weighted by atomic mass is 10.0. The quantitative estimate of drug-likeness (QED) is 0.789. The summed E-state index contributed by atoms with van der Waals surface area (Å²) in [7, 11) is 0. The van der Waals surface area contributed by atoms with E-state index in [0.29, 0.717) is 5.76 Å². The molecule has 0 saturated heterocycles. The van der Waals surface area contributed by atoms with Gasteiger partial charge in [0.25, 0.3) is 0 Å². The maximum atomic E-state index is 5.70. The van der Waals surface area contributed by atoms with Gasteiger partial charge in [-0.05, 0) is 37.6 Å². The molecule has 2 rings (SSSR count). The summed E-state index contributed by atoms with van der Waals surface area (Å²) in [4.78, 5) is 2.29. The average Bonchev–Trinajstić information content (AvgIpc) is 2.38. The zero-order valence-electron chi connectivity index (χ0n) is 11.1. The van der Waals surface area contributed by atoms with Crippen molar-refractivity contribution in [3.05, 3.63) is 54.8 Å². The number of hydrogen-bond donors (Lipinski definition) is 0. The van der Waals surface area contributed by atoms with Crippen LogP contribution in [0.3, 0.4) is 0 Å². The lowest BCUT2D eigenvalue weighted by molar-refractivity contribution is 0.441. The summed E-state index contributed by atoms with van der Waals surface area (Å²) in [5.41, 5.74) is 3.32. The van der Waals surface area contributed by atoms with E-state index in [9.17, 15) is 0 Å².